The predicted octanol–water partition coefficient (Wildman–Crippen LogP) is 2.71. The van der Waals surface area contributed by atoms with Crippen molar-refractivity contribution < 1.29 is 38.1 Å². The molecule has 0 unspecified atom stereocenters. The topological polar surface area (TPSA) is 149 Å². The smallest absolute Gasteiger partial charge is 0.343 e. The number of amides is 1. The van der Waals surface area contributed by atoms with Crippen LogP contribution in [0.25, 0.3) is 0 Å². The molecule has 0 fully saturated rings. The number of carbonyl (C=O) groups is 2. The molecule has 2 aromatic heterocycles. The van der Waals surface area contributed by atoms with Crippen molar-refractivity contribution in [1.82, 2.24) is 10.3 Å². The SMILES string of the molecule is CCOC(=O)c1c[nH]c(=O)c([C@@H](CC(=O)NCc2ccco2)c2cc(OC)c(OC)c(OC)c2)c1O. The summed E-state index contributed by atoms with van der Waals surface area (Å²) in [6.07, 6.45) is 2.29. The first-order valence-corrected chi connectivity index (χ1v) is 11.0. The van der Waals surface area contributed by atoms with Crippen molar-refractivity contribution in [2.24, 2.45) is 0 Å². The molecular formula is C25H28N2O9. The first-order chi connectivity index (χ1) is 17.3. The third kappa shape index (κ3) is 5.62. The van der Waals surface area contributed by atoms with E-state index < -0.39 is 29.1 Å². The summed E-state index contributed by atoms with van der Waals surface area (Å²) < 4.78 is 26.4. The Morgan fingerprint density at radius 3 is 2.39 bits per heavy atom. The van der Waals surface area contributed by atoms with Gasteiger partial charge in [0.25, 0.3) is 5.56 Å². The highest BCUT2D eigenvalue weighted by Crippen LogP contribution is 2.43. The van der Waals surface area contributed by atoms with E-state index in [4.69, 9.17) is 23.4 Å². The minimum absolute atomic E-state index is 0.0677. The van der Waals surface area contributed by atoms with Crippen LogP contribution in [-0.2, 0) is 16.1 Å². The van der Waals surface area contributed by atoms with E-state index in [1.54, 1.807) is 31.2 Å². The maximum atomic E-state index is 12.9. The fourth-order valence-electron chi connectivity index (χ4n) is 3.77. The van der Waals surface area contributed by atoms with Gasteiger partial charge >= 0.3 is 5.97 Å². The van der Waals surface area contributed by atoms with E-state index >= 15 is 0 Å². The molecule has 0 radical (unpaired) electrons. The number of H-pyrrole nitrogens is 1. The van der Waals surface area contributed by atoms with Gasteiger partial charge in [-0.2, -0.15) is 0 Å². The lowest BCUT2D eigenvalue weighted by atomic mass is 9.87. The highest BCUT2D eigenvalue weighted by Gasteiger charge is 2.30. The van der Waals surface area contributed by atoms with Crippen LogP contribution in [0.15, 0.2) is 45.9 Å². The number of nitrogens with one attached hydrogen (secondary N) is 2. The lowest BCUT2D eigenvalue weighted by Gasteiger charge is -2.21. The number of benzene rings is 1. The third-order valence-electron chi connectivity index (χ3n) is 5.47. The Labute approximate surface area is 206 Å². The number of aromatic nitrogens is 1. The van der Waals surface area contributed by atoms with Gasteiger partial charge in [-0.05, 0) is 36.8 Å². The van der Waals surface area contributed by atoms with Crippen molar-refractivity contribution in [2.45, 2.75) is 25.8 Å². The number of rotatable bonds is 11. The predicted molar refractivity (Wildman–Crippen MR) is 128 cm³/mol. The summed E-state index contributed by atoms with van der Waals surface area (Å²) in [5, 5.41) is 13.7. The molecule has 3 N–H and O–H groups in total. The molecule has 3 aromatic rings. The Morgan fingerprint density at radius 1 is 1.14 bits per heavy atom. The summed E-state index contributed by atoms with van der Waals surface area (Å²) in [6, 6.07) is 6.54. The lowest BCUT2D eigenvalue weighted by Crippen LogP contribution is -2.27. The highest BCUT2D eigenvalue weighted by atomic mass is 16.5. The fraction of sp³-hybridized carbons (Fsp3) is 0.320. The molecule has 192 valence electrons. The molecule has 0 aliphatic carbocycles. The van der Waals surface area contributed by atoms with Crippen molar-refractivity contribution in [3.8, 4) is 23.0 Å². The molecule has 0 saturated carbocycles. The largest absolute Gasteiger partial charge is 0.506 e. The summed E-state index contributed by atoms with van der Waals surface area (Å²) >= 11 is 0. The number of methoxy groups -OCH3 is 3. The van der Waals surface area contributed by atoms with Crippen molar-refractivity contribution in [2.75, 3.05) is 27.9 Å². The van der Waals surface area contributed by atoms with Crippen LogP contribution in [0.2, 0.25) is 0 Å². The van der Waals surface area contributed by atoms with Crippen molar-refractivity contribution in [3.63, 3.8) is 0 Å². The van der Waals surface area contributed by atoms with Crippen LogP contribution in [0.3, 0.4) is 0 Å². The molecule has 1 atom stereocenters. The molecule has 3 rings (SSSR count). The minimum Gasteiger partial charge on any atom is -0.506 e. The summed E-state index contributed by atoms with van der Waals surface area (Å²) in [4.78, 5) is 40.7. The van der Waals surface area contributed by atoms with E-state index in [1.165, 1.54) is 27.6 Å². The Bertz CT molecular complexity index is 1240. The zero-order chi connectivity index (χ0) is 26.2. The molecule has 0 aliphatic rings. The number of aromatic hydroxyl groups is 1. The zero-order valence-electron chi connectivity index (χ0n) is 20.4. The maximum absolute atomic E-state index is 12.9. The zero-order valence-corrected chi connectivity index (χ0v) is 20.4. The van der Waals surface area contributed by atoms with Crippen LogP contribution in [-0.4, -0.2) is 49.9 Å². The first kappa shape index (κ1) is 26.2. The number of carbonyl (C=O) groups excluding carboxylic acids is 2. The third-order valence-corrected chi connectivity index (χ3v) is 5.47. The van der Waals surface area contributed by atoms with Gasteiger partial charge in [-0.25, -0.2) is 4.79 Å². The number of pyridine rings is 1. The van der Waals surface area contributed by atoms with Crippen LogP contribution in [0.1, 0.15) is 46.5 Å². The summed E-state index contributed by atoms with van der Waals surface area (Å²) in [5.41, 5.74) is -0.708. The van der Waals surface area contributed by atoms with E-state index in [0.29, 0.717) is 17.1 Å². The molecule has 2 heterocycles. The standard InChI is InChI=1S/C25H28N2O9/c1-5-35-25(31)17-13-27-24(30)21(22(17)29)16(11-20(28)26-12-15-7-6-8-36-15)14-9-18(32-2)23(34-4)19(10-14)33-3/h6-10,13,16H,5,11-12H2,1-4H3,(H,26,28)(H2,27,29,30)/t16-/m0/s1. The van der Waals surface area contributed by atoms with Crippen LogP contribution in [0.5, 0.6) is 23.0 Å². The molecule has 11 nitrogen and oxygen atoms in total. The minimum atomic E-state index is -1.01. The second-order valence-corrected chi connectivity index (χ2v) is 7.59. The van der Waals surface area contributed by atoms with Gasteiger partial charge in [-0.1, -0.05) is 0 Å². The van der Waals surface area contributed by atoms with E-state index in [2.05, 4.69) is 10.3 Å². The summed E-state index contributed by atoms with van der Waals surface area (Å²) in [6.45, 7) is 1.81. The number of aromatic amines is 1. The fourth-order valence-corrected chi connectivity index (χ4v) is 3.77. The molecule has 0 bridgehead atoms. The van der Waals surface area contributed by atoms with E-state index in [9.17, 15) is 19.5 Å². The second kappa shape index (κ2) is 11.8. The molecular weight excluding hydrogens is 472 g/mol. The Kier molecular flexibility index (Phi) is 8.61. The van der Waals surface area contributed by atoms with Crippen molar-refractivity contribution in [1.29, 1.82) is 0 Å². The molecule has 0 saturated heterocycles. The molecule has 1 amide bonds. The van der Waals surface area contributed by atoms with E-state index in [0.717, 1.165) is 6.20 Å². The highest BCUT2D eigenvalue weighted by molar-refractivity contribution is 5.92. The van der Waals surface area contributed by atoms with Crippen LogP contribution < -0.4 is 25.1 Å². The first-order valence-electron chi connectivity index (χ1n) is 11.0. The van der Waals surface area contributed by atoms with Gasteiger partial charge in [-0.3, -0.25) is 9.59 Å². The average Bonchev–Trinajstić information content (AvgIpc) is 3.39. The Balaban J connectivity index is 2.12. The second-order valence-electron chi connectivity index (χ2n) is 7.59. The van der Waals surface area contributed by atoms with Gasteiger partial charge in [0.05, 0.1) is 46.3 Å². The van der Waals surface area contributed by atoms with Gasteiger partial charge in [0, 0.05) is 18.5 Å². The van der Waals surface area contributed by atoms with Gasteiger partial charge in [0.2, 0.25) is 11.7 Å². The Morgan fingerprint density at radius 2 is 1.83 bits per heavy atom. The van der Waals surface area contributed by atoms with Crippen LogP contribution in [0.4, 0.5) is 0 Å². The maximum Gasteiger partial charge on any atom is 0.343 e. The normalized spacial score (nSPS) is 11.4. The number of esters is 1. The van der Waals surface area contributed by atoms with Crippen LogP contribution >= 0.6 is 0 Å². The summed E-state index contributed by atoms with van der Waals surface area (Å²) in [7, 11) is 4.30. The summed E-state index contributed by atoms with van der Waals surface area (Å²) in [5.74, 6) is -1.44. The quantitative estimate of drug-likeness (QED) is 0.338. The number of hydrogen-bond acceptors (Lipinski definition) is 9. The number of hydrogen-bond donors (Lipinski definition) is 3. The molecule has 0 spiro atoms. The van der Waals surface area contributed by atoms with Gasteiger partial charge in [0.15, 0.2) is 11.5 Å². The molecule has 11 heteroatoms. The van der Waals surface area contributed by atoms with Gasteiger partial charge < -0.3 is 38.8 Å². The lowest BCUT2D eigenvalue weighted by molar-refractivity contribution is -0.121. The van der Waals surface area contributed by atoms with E-state index in [-0.39, 0.29) is 42.2 Å². The molecule has 36 heavy (non-hydrogen) atoms. The van der Waals surface area contributed by atoms with Crippen LogP contribution in [0, 0.1) is 0 Å². The Hall–Kier alpha value is -4.41. The monoisotopic (exact) mass is 500 g/mol. The molecule has 0 aliphatic heterocycles. The average molecular weight is 501 g/mol. The number of furan rings is 1. The van der Waals surface area contributed by atoms with Gasteiger partial charge in [0.1, 0.15) is 17.1 Å². The van der Waals surface area contributed by atoms with Gasteiger partial charge in [-0.15, -0.1) is 0 Å². The number of ether oxygens (including phenoxy) is 4. The molecule has 1 aromatic carbocycles. The van der Waals surface area contributed by atoms with Crippen molar-refractivity contribution >= 4 is 11.9 Å². The van der Waals surface area contributed by atoms with Crippen molar-refractivity contribution in [3.05, 3.63) is 69.5 Å². The van der Waals surface area contributed by atoms with E-state index in [1.807, 2.05) is 0 Å².